The molecule has 0 unspecified atom stereocenters. The van der Waals surface area contributed by atoms with E-state index in [1.165, 1.54) is 16.2 Å². The number of hydrogen-bond donors (Lipinski definition) is 1. The molecule has 38 heavy (non-hydrogen) atoms. The average Bonchev–Trinajstić information content (AvgIpc) is 3.51. The lowest BCUT2D eigenvalue weighted by molar-refractivity contribution is 0.191. The SMILES string of the molecule is COc1cnc2c(-c3nc4c(Cl)cc5c(c4s3)C[C@H](CN(C(=O)O)c3ccc(C)nc3)O5)cc(C)cc2n1. The number of amides is 1. The second kappa shape index (κ2) is 9.38. The zero-order chi connectivity index (χ0) is 26.6. The number of nitrogens with zero attached hydrogens (tertiary/aromatic N) is 5. The Hall–Kier alpha value is -4.02. The van der Waals surface area contributed by atoms with Crippen LogP contribution < -0.4 is 14.4 Å². The van der Waals surface area contributed by atoms with E-state index >= 15 is 0 Å². The summed E-state index contributed by atoms with van der Waals surface area (Å²) in [7, 11) is 1.56. The number of carboxylic acid groups (broad SMARTS) is 1. The molecule has 2 aromatic carbocycles. The van der Waals surface area contributed by atoms with E-state index in [1.807, 2.05) is 26.0 Å². The summed E-state index contributed by atoms with van der Waals surface area (Å²) in [6.07, 6.45) is 2.23. The number of carbonyl (C=O) groups is 1. The molecule has 0 radical (unpaired) electrons. The molecule has 0 spiro atoms. The van der Waals surface area contributed by atoms with Crippen molar-refractivity contribution in [2.45, 2.75) is 26.4 Å². The molecular formula is C27H22ClN5O4S. The van der Waals surface area contributed by atoms with Gasteiger partial charge in [-0.25, -0.2) is 19.7 Å². The maximum Gasteiger partial charge on any atom is 0.411 e. The van der Waals surface area contributed by atoms with Crippen molar-refractivity contribution < 1.29 is 19.4 Å². The molecule has 4 heterocycles. The van der Waals surface area contributed by atoms with Gasteiger partial charge in [-0.1, -0.05) is 11.6 Å². The molecule has 11 heteroatoms. The van der Waals surface area contributed by atoms with Crippen molar-refractivity contribution in [3.8, 4) is 22.2 Å². The molecule has 9 nitrogen and oxygen atoms in total. The Bertz CT molecular complexity index is 1720. The van der Waals surface area contributed by atoms with Gasteiger partial charge >= 0.3 is 6.09 Å². The van der Waals surface area contributed by atoms with E-state index in [1.54, 1.807) is 37.7 Å². The van der Waals surface area contributed by atoms with Crippen LogP contribution in [-0.2, 0) is 6.42 Å². The molecule has 3 aromatic heterocycles. The predicted molar refractivity (Wildman–Crippen MR) is 147 cm³/mol. The Morgan fingerprint density at radius 2 is 2.03 bits per heavy atom. The van der Waals surface area contributed by atoms with Crippen LogP contribution >= 0.6 is 22.9 Å². The summed E-state index contributed by atoms with van der Waals surface area (Å²) in [4.78, 5) is 31.5. The molecule has 0 aliphatic carbocycles. The lowest BCUT2D eigenvalue weighted by Gasteiger charge is -2.22. The Morgan fingerprint density at radius 3 is 2.76 bits per heavy atom. The molecule has 1 aliphatic heterocycles. The Kier molecular flexibility index (Phi) is 6.00. The minimum Gasteiger partial charge on any atom is -0.488 e. The summed E-state index contributed by atoms with van der Waals surface area (Å²) < 4.78 is 12.3. The summed E-state index contributed by atoms with van der Waals surface area (Å²) in [6, 6.07) is 9.29. The number of hydrogen-bond acceptors (Lipinski definition) is 8. The third-order valence-electron chi connectivity index (χ3n) is 6.44. The van der Waals surface area contributed by atoms with E-state index in [9.17, 15) is 9.90 Å². The van der Waals surface area contributed by atoms with Gasteiger partial charge < -0.3 is 14.6 Å². The largest absolute Gasteiger partial charge is 0.488 e. The zero-order valence-corrected chi connectivity index (χ0v) is 22.3. The van der Waals surface area contributed by atoms with E-state index in [-0.39, 0.29) is 12.6 Å². The topological polar surface area (TPSA) is 111 Å². The van der Waals surface area contributed by atoms with Crippen LogP contribution in [0.3, 0.4) is 0 Å². The number of halogens is 1. The number of anilines is 1. The van der Waals surface area contributed by atoms with Gasteiger partial charge in [-0.05, 0) is 43.7 Å². The van der Waals surface area contributed by atoms with Crippen molar-refractivity contribution in [2.24, 2.45) is 0 Å². The van der Waals surface area contributed by atoms with Crippen molar-refractivity contribution in [3.05, 3.63) is 64.6 Å². The number of fused-ring (bicyclic) bond motifs is 4. The van der Waals surface area contributed by atoms with Gasteiger partial charge in [0.05, 0.1) is 52.5 Å². The van der Waals surface area contributed by atoms with Gasteiger partial charge in [-0.15, -0.1) is 11.3 Å². The number of rotatable bonds is 5. The average molecular weight is 548 g/mol. The van der Waals surface area contributed by atoms with Crippen LogP contribution in [0.2, 0.25) is 5.02 Å². The van der Waals surface area contributed by atoms with Crippen molar-refractivity contribution in [3.63, 3.8) is 0 Å². The van der Waals surface area contributed by atoms with E-state index in [0.717, 1.165) is 43.1 Å². The quantitative estimate of drug-likeness (QED) is 0.282. The van der Waals surface area contributed by atoms with Crippen LogP contribution in [0.5, 0.6) is 11.6 Å². The maximum absolute atomic E-state index is 12.0. The van der Waals surface area contributed by atoms with Crippen molar-refractivity contribution in [1.82, 2.24) is 19.9 Å². The monoisotopic (exact) mass is 547 g/mol. The van der Waals surface area contributed by atoms with Crippen LogP contribution in [0, 0.1) is 13.8 Å². The standard InChI is InChI=1S/C27H22ClN5O4S/c1-13-6-18(23-20(7-13)31-22(36-3)11-30-23)26-32-24-19(28)9-21-17(25(24)38-26)8-16(37-21)12-33(27(34)35)15-5-4-14(2)29-10-15/h4-7,9-11,16H,8,12H2,1-3H3,(H,34,35)/t16-/m1/s1. The van der Waals surface area contributed by atoms with Gasteiger partial charge in [0.15, 0.2) is 0 Å². The molecule has 1 aliphatic rings. The minimum absolute atomic E-state index is 0.152. The van der Waals surface area contributed by atoms with Gasteiger partial charge in [0.1, 0.15) is 22.4 Å². The Labute approximate surface area is 226 Å². The van der Waals surface area contributed by atoms with Gasteiger partial charge in [-0.3, -0.25) is 9.88 Å². The highest BCUT2D eigenvalue weighted by molar-refractivity contribution is 7.22. The Morgan fingerprint density at radius 1 is 1.18 bits per heavy atom. The summed E-state index contributed by atoms with van der Waals surface area (Å²) in [5.41, 5.74) is 6.29. The highest BCUT2D eigenvalue weighted by Gasteiger charge is 2.31. The second-order valence-corrected chi connectivity index (χ2v) is 10.5. The molecule has 0 bridgehead atoms. The van der Waals surface area contributed by atoms with E-state index in [2.05, 4.69) is 15.0 Å². The summed E-state index contributed by atoms with van der Waals surface area (Å²) in [5, 5.41) is 11.1. The summed E-state index contributed by atoms with van der Waals surface area (Å²) >= 11 is 8.17. The van der Waals surface area contributed by atoms with E-state index in [0.29, 0.717) is 34.3 Å². The van der Waals surface area contributed by atoms with Crippen LogP contribution in [0.25, 0.3) is 31.8 Å². The van der Waals surface area contributed by atoms with Crippen molar-refractivity contribution >= 4 is 56.0 Å². The number of benzene rings is 2. The molecule has 1 atom stereocenters. The van der Waals surface area contributed by atoms with Crippen molar-refractivity contribution in [2.75, 3.05) is 18.6 Å². The number of ether oxygens (including phenoxy) is 2. The highest BCUT2D eigenvalue weighted by Crippen LogP contribution is 2.44. The number of aromatic nitrogens is 4. The summed E-state index contributed by atoms with van der Waals surface area (Å²) in [5.74, 6) is 1.09. The van der Waals surface area contributed by atoms with Crippen LogP contribution in [0.4, 0.5) is 10.5 Å². The predicted octanol–water partition coefficient (Wildman–Crippen LogP) is 6.07. The fourth-order valence-corrected chi connectivity index (χ4v) is 6.11. The molecular weight excluding hydrogens is 526 g/mol. The van der Waals surface area contributed by atoms with Crippen LogP contribution in [0.15, 0.2) is 42.7 Å². The van der Waals surface area contributed by atoms with Gasteiger partial charge in [0, 0.05) is 29.3 Å². The third kappa shape index (κ3) is 4.25. The minimum atomic E-state index is -1.07. The van der Waals surface area contributed by atoms with Crippen molar-refractivity contribution in [1.29, 1.82) is 0 Å². The lowest BCUT2D eigenvalue weighted by atomic mass is 10.1. The highest BCUT2D eigenvalue weighted by atomic mass is 35.5. The molecule has 6 rings (SSSR count). The number of aryl methyl sites for hydroxylation is 2. The molecule has 0 fully saturated rings. The fraction of sp³-hybridized carbons (Fsp3) is 0.222. The Balaban J connectivity index is 1.37. The van der Waals surface area contributed by atoms with E-state index < -0.39 is 6.09 Å². The number of methoxy groups -OCH3 is 1. The maximum atomic E-state index is 12.0. The molecule has 1 N–H and O–H groups in total. The van der Waals surface area contributed by atoms with Crippen LogP contribution in [-0.4, -0.2) is 50.9 Å². The number of pyridine rings is 1. The first-order valence-corrected chi connectivity index (χ1v) is 13.0. The van der Waals surface area contributed by atoms with Gasteiger partial charge in [0.25, 0.3) is 0 Å². The molecule has 0 saturated heterocycles. The molecule has 0 saturated carbocycles. The first kappa shape index (κ1) is 24.3. The van der Waals surface area contributed by atoms with Gasteiger partial charge in [-0.2, -0.15) is 0 Å². The molecule has 5 aromatic rings. The first-order chi connectivity index (χ1) is 18.3. The van der Waals surface area contributed by atoms with Gasteiger partial charge in [0.2, 0.25) is 5.88 Å². The lowest BCUT2D eigenvalue weighted by Crippen LogP contribution is -2.38. The third-order valence-corrected chi connectivity index (χ3v) is 7.88. The normalized spacial score (nSPS) is 14.5. The van der Waals surface area contributed by atoms with E-state index in [4.69, 9.17) is 26.1 Å². The second-order valence-electron chi connectivity index (χ2n) is 9.12. The molecule has 1 amide bonds. The zero-order valence-electron chi connectivity index (χ0n) is 20.7. The fourth-order valence-electron chi connectivity index (χ4n) is 4.66. The van der Waals surface area contributed by atoms with Crippen LogP contribution in [0.1, 0.15) is 16.8 Å². The number of thiazole rings is 1. The smallest absolute Gasteiger partial charge is 0.411 e. The summed E-state index contributed by atoms with van der Waals surface area (Å²) in [6.45, 7) is 4.00. The molecule has 192 valence electrons. The first-order valence-electron chi connectivity index (χ1n) is 11.8.